The molecule has 7 heteroatoms. The summed E-state index contributed by atoms with van der Waals surface area (Å²) in [4.78, 5) is 18.4. The summed E-state index contributed by atoms with van der Waals surface area (Å²) in [5.41, 5.74) is 1.18. The molecular weight excluding hydrogens is 368 g/mol. The number of nitrogens with one attached hydrogen (secondary N) is 2. The van der Waals surface area contributed by atoms with Crippen molar-refractivity contribution in [1.29, 1.82) is 0 Å². The van der Waals surface area contributed by atoms with Gasteiger partial charge in [0.1, 0.15) is 0 Å². The number of carbonyl (C=O) groups excluding carboxylic acids is 1. The second-order valence-electron chi connectivity index (χ2n) is 7.46. The molecule has 7 nitrogen and oxygen atoms in total. The molecule has 1 fully saturated rings. The van der Waals surface area contributed by atoms with Crippen molar-refractivity contribution < 1.29 is 14.3 Å². The van der Waals surface area contributed by atoms with E-state index in [0.29, 0.717) is 13.2 Å². The SMILES string of the molecule is CCOc1ccc(CCNC(=NC)NC2CCN(C(=O)C(C)C)C2)cc1OCC. The molecule has 2 N–H and O–H groups in total. The van der Waals surface area contributed by atoms with Gasteiger partial charge >= 0.3 is 0 Å². The molecule has 2 rings (SSSR count). The van der Waals surface area contributed by atoms with E-state index in [1.807, 2.05) is 44.7 Å². The van der Waals surface area contributed by atoms with Gasteiger partial charge in [0.15, 0.2) is 17.5 Å². The summed E-state index contributed by atoms with van der Waals surface area (Å²) >= 11 is 0. The highest BCUT2D eigenvalue weighted by molar-refractivity contribution is 5.81. The minimum absolute atomic E-state index is 0.0434. The van der Waals surface area contributed by atoms with Crippen LogP contribution in [0.25, 0.3) is 0 Å². The molecule has 1 atom stereocenters. The van der Waals surface area contributed by atoms with Crippen LogP contribution in [0.5, 0.6) is 11.5 Å². The molecule has 0 radical (unpaired) electrons. The quantitative estimate of drug-likeness (QED) is 0.488. The van der Waals surface area contributed by atoms with Gasteiger partial charge in [0.05, 0.1) is 13.2 Å². The summed E-state index contributed by atoms with van der Waals surface area (Å²) in [6.07, 6.45) is 1.78. The average Bonchev–Trinajstić information content (AvgIpc) is 3.17. The van der Waals surface area contributed by atoms with Gasteiger partial charge in [-0.15, -0.1) is 0 Å². The molecule has 29 heavy (non-hydrogen) atoms. The summed E-state index contributed by atoms with van der Waals surface area (Å²) in [7, 11) is 1.77. The fourth-order valence-corrected chi connectivity index (χ4v) is 3.41. The molecule has 1 aromatic rings. The van der Waals surface area contributed by atoms with Crippen molar-refractivity contribution in [2.45, 2.75) is 46.6 Å². The summed E-state index contributed by atoms with van der Waals surface area (Å²) in [6.45, 7) is 11.3. The Morgan fingerprint density at radius 1 is 1.24 bits per heavy atom. The van der Waals surface area contributed by atoms with E-state index in [0.717, 1.165) is 49.9 Å². The standard InChI is InChI=1S/C22H36N4O3/c1-6-28-19-9-8-17(14-20(19)29-7-2)10-12-24-22(23-5)25-18-11-13-26(15-18)21(27)16(3)4/h8-9,14,16,18H,6-7,10-13,15H2,1-5H3,(H2,23,24,25). The number of carbonyl (C=O) groups is 1. The number of rotatable bonds is 9. The van der Waals surface area contributed by atoms with E-state index in [1.54, 1.807) is 7.05 Å². The van der Waals surface area contributed by atoms with Crippen LogP contribution in [0.2, 0.25) is 0 Å². The molecule has 0 saturated carbocycles. The number of hydrogen-bond donors (Lipinski definition) is 2. The minimum Gasteiger partial charge on any atom is -0.490 e. The predicted molar refractivity (Wildman–Crippen MR) is 117 cm³/mol. The summed E-state index contributed by atoms with van der Waals surface area (Å²) < 4.78 is 11.3. The number of aliphatic imine (C=N–C) groups is 1. The first-order chi connectivity index (χ1) is 14.0. The lowest BCUT2D eigenvalue weighted by atomic mass is 10.1. The topological polar surface area (TPSA) is 75.2 Å². The molecule has 1 saturated heterocycles. The van der Waals surface area contributed by atoms with E-state index in [4.69, 9.17) is 9.47 Å². The van der Waals surface area contributed by atoms with Crippen LogP contribution >= 0.6 is 0 Å². The zero-order valence-corrected chi connectivity index (χ0v) is 18.5. The Hall–Kier alpha value is -2.44. The van der Waals surface area contributed by atoms with Crippen molar-refractivity contribution in [3.63, 3.8) is 0 Å². The predicted octanol–water partition coefficient (Wildman–Crippen LogP) is 2.45. The average molecular weight is 405 g/mol. The van der Waals surface area contributed by atoms with E-state index >= 15 is 0 Å². The van der Waals surface area contributed by atoms with Crippen LogP contribution in [0.1, 0.15) is 39.7 Å². The largest absolute Gasteiger partial charge is 0.490 e. The van der Waals surface area contributed by atoms with Crippen LogP contribution in [0.3, 0.4) is 0 Å². The Morgan fingerprint density at radius 2 is 1.97 bits per heavy atom. The molecule has 1 amide bonds. The van der Waals surface area contributed by atoms with E-state index in [-0.39, 0.29) is 17.9 Å². The van der Waals surface area contributed by atoms with Gasteiger partial charge in [0.25, 0.3) is 0 Å². The van der Waals surface area contributed by atoms with Crippen molar-refractivity contribution in [2.75, 3.05) is 39.9 Å². The van der Waals surface area contributed by atoms with Crippen LogP contribution in [0.15, 0.2) is 23.2 Å². The van der Waals surface area contributed by atoms with Gasteiger partial charge in [-0.2, -0.15) is 0 Å². The van der Waals surface area contributed by atoms with Crippen molar-refractivity contribution in [3.8, 4) is 11.5 Å². The zero-order valence-electron chi connectivity index (χ0n) is 18.5. The molecule has 1 aliphatic rings. The van der Waals surface area contributed by atoms with Crippen molar-refractivity contribution in [3.05, 3.63) is 23.8 Å². The molecular formula is C22H36N4O3. The molecule has 162 valence electrons. The molecule has 1 aromatic carbocycles. The van der Waals surface area contributed by atoms with Gasteiger partial charge in [-0.3, -0.25) is 9.79 Å². The number of ether oxygens (including phenoxy) is 2. The lowest BCUT2D eigenvalue weighted by molar-refractivity contribution is -0.133. The van der Waals surface area contributed by atoms with Crippen LogP contribution < -0.4 is 20.1 Å². The van der Waals surface area contributed by atoms with Crippen molar-refractivity contribution in [1.82, 2.24) is 15.5 Å². The Balaban J connectivity index is 1.83. The molecule has 1 heterocycles. The Morgan fingerprint density at radius 3 is 2.62 bits per heavy atom. The third-order valence-electron chi connectivity index (χ3n) is 4.87. The fraction of sp³-hybridized carbons (Fsp3) is 0.636. The maximum Gasteiger partial charge on any atom is 0.225 e. The van der Waals surface area contributed by atoms with Crippen molar-refractivity contribution >= 4 is 11.9 Å². The number of nitrogens with zero attached hydrogens (tertiary/aromatic N) is 2. The first-order valence-electron chi connectivity index (χ1n) is 10.6. The summed E-state index contributed by atoms with van der Waals surface area (Å²) in [5.74, 6) is 2.60. The molecule has 0 aliphatic carbocycles. The monoisotopic (exact) mass is 404 g/mol. The number of amides is 1. The summed E-state index contributed by atoms with van der Waals surface area (Å²) in [6, 6.07) is 6.31. The van der Waals surface area contributed by atoms with E-state index < -0.39 is 0 Å². The number of hydrogen-bond acceptors (Lipinski definition) is 4. The Kier molecular flexibility index (Phi) is 9.09. The first-order valence-corrected chi connectivity index (χ1v) is 10.6. The smallest absolute Gasteiger partial charge is 0.225 e. The van der Waals surface area contributed by atoms with E-state index in [1.165, 1.54) is 5.56 Å². The van der Waals surface area contributed by atoms with Gasteiger partial charge in [0, 0.05) is 38.6 Å². The lowest BCUT2D eigenvalue weighted by Crippen LogP contribution is -2.45. The van der Waals surface area contributed by atoms with Crippen molar-refractivity contribution in [2.24, 2.45) is 10.9 Å². The Labute approximate surface area is 174 Å². The third-order valence-corrected chi connectivity index (χ3v) is 4.87. The maximum atomic E-state index is 12.1. The van der Waals surface area contributed by atoms with Gasteiger partial charge < -0.3 is 25.0 Å². The van der Waals surface area contributed by atoms with Crippen LogP contribution in [0.4, 0.5) is 0 Å². The lowest BCUT2D eigenvalue weighted by Gasteiger charge is -2.20. The first kappa shape index (κ1) is 22.8. The number of guanidine groups is 1. The normalized spacial score (nSPS) is 16.8. The van der Waals surface area contributed by atoms with Gasteiger partial charge in [0.2, 0.25) is 5.91 Å². The highest BCUT2D eigenvalue weighted by Crippen LogP contribution is 2.28. The molecule has 0 spiro atoms. The van der Waals surface area contributed by atoms with Gasteiger partial charge in [-0.1, -0.05) is 19.9 Å². The molecule has 0 aromatic heterocycles. The minimum atomic E-state index is 0.0434. The summed E-state index contributed by atoms with van der Waals surface area (Å²) in [5, 5.41) is 6.80. The Bertz CT molecular complexity index is 691. The van der Waals surface area contributed by atoms with Gasteiger partial charge in [-0.05, 0) is 44.4 Å². The number of likely N-dealkylation sites (tertiary alicyclic amines) is 1. The maximum absolute atomic E-state index is 12.1. The highest BCUT2D eigenvalue weighted by atomic mass is 16.5. The second-order valence-corrected chi connectivity index (χ2v) is 7.46. The molecule has 0 bridgehead atoms. The third kappa shape index (κ3) is 6.84. The van der Waals surface area contributed by atoms with E-state index in [9.17, 15) is 4.79 Å². The van der Waals surface area contributed by atoms with Gasteiger partial charge in [-0.25, -0.2) is 0 Å². The van der Waals surface area contributed by atoms with Crippen LogP contribution in [-0.4, -0.2) is 62.7 Å². The second kappa shape index (κ2) is 11.5. The van der Waals surface area contributed by atoms with Crippen LogP contribution in [-0.2, 0) is 11.2 Å². The fourth-order valence-electron chi connectivity index (χ4n) is 3.41. The van der Waals surface area contributed by atoms with E-state index in [2.05, 4.69) is 21.7 Å². The highest BCUT2D eigenvalue weighted by Gasteiger charge is 2.27. The molecule has 1 aliphatic heterocycles. The van der Waals surface area contributed by atoms with Crippen LogP contribution in [0, 0.1) is 5.92 Å². The zero-order chi connectivity index (χ0) is 21.2. The molecule has 1 unspecified atom stereocenters. The number of benzene rings is 1.